The minimum Gasteiger partial charge on any atom is -0.455 e. The molecule has 6 heteroatoms. The molecule has 1 rings (SSSR count). The van der Waals surface area contributed by atoms with Gasteiger partial charge in [-0.3, -0.25) is 14.4 Å². The number of rotatable bonds is 5. The minimum absolute atomic E-state index is 0.0877. The van der Waals surface area contributed by atoms with Crippen LogP contribution in [-0.2, 0) is 19.1 Å². The third-order valence-electron chi connectivity index (χ3n) is 2.88. The molecule has 0 fully saturated rings. The van der Waals surface area contributed by atoms with Gasteiger partial charge in [0.15, 0.2) is 6.61 Å². The van der Waals surface area contributed by atoms with Gasteiger partial charge in [-0.2, -0.15) is 0 Å². The van der Waals surface area contributed by atoms with Crippen LogP contribution >= 0.6 is 0 Å². The van der Waals surface area contributed by atoms with Crippen molar-refractivity contribution in [2.75, 3.05) is 27.2 Å². The van der Waals surface area contributed by atoms with Gasteiger partial charge in [-0.1, -0.05) is 12.2 Å². The third kappa shape index (κ3) is 5.54. The van der Waals surface area contributed by atoms with Gasteiger partial charge in [0, 0.05) is 14.1 Å². The van der Waals surface area contributed by atoms with Gasteiger partial charge >= 0.3 is 5.97 Å². The normalized spacial score (nSPS) is 17.7. The molecule has 2 amide bonds. The number of nitrogens with zero attached hydrogens (tertiary/aromatic N) is 1. The molecule has 0 aromatic carbocycles. The highest BCUT2D eigenvalue weighted by Crippen LogP contribution is 2.19. The Morgan fingerprint density at radius 1 is 1.32 bits per heavy atom. The highest BCUT2D eigenvalue weighted by Gasteiger charge is 2.21. The smallest absolute Gasteiger partial charge is 0.309 e. The molecule has 19 heavy (non-hydrogen) atoms. The van der Waals surface area contributed by atoms with Crippen LogP contribution in [0.4, 0.5) is 0 Å². The van der Waals surface area contributed by atoms with E-state index in [9.17, 15) is 14.4 Å². The van der Waals surface area contributed by atoms with E-state index in [1.807, 2.05) is 12.2 Å². The van der Waals surface area contributed by atoms with E-state index in [1.165, 1.54) is 4.90 Å². The Hall–Kier alpha value is -1.85. The maximum Gasteiger partial charge on any atom is 0.309 e. The number of carbonyl (C=O) groups excluding carboxylic acids is 3. The molecule has 1 atom stereocenters. The van der Waals surface area contributed by atoms with Gasteiger partial charge in [-0.05, 0) is 19.3 Å². The van der Waals surface area contributed by atoms with Crippen molar-refractivity contribution < 1.29 is 19.1 Å². The third-order valence-corrected chi connectivity index (χ3v) is 2.88. The number of nitrogens with one attached hydrogen (secondary N) is 1. The van der Waals surface area contributed by atoms with Crippen molar-refractivity contribution in [3.63, 3.8) is 0 Å². The standard InChI is InChI=1S/C13H20N2O4/c1-15(2)12(17)8-14-11(16)9-19-13(18)10-6-4-3-5-7-10/h3-4,10H,5-9H2,1-2H3,(H,14,16)/t10-/m0/s1. The van der Waals surface area contributed by atoms with Crippen molar-refractivity contribution in [3.8, 4) is 0 Å². The Morgan fingerprint density at radius 2 is 2.05 bits per heavy atom. The van der Waals surface area contributed by atoms with Crippen molar-refractivity contribution in [1.29, 1.82) is 0 Å². The molecule has 1 aliphatic carbocycles. The summed E-state index contributed by atoms with van der Waals surface area (Å²) < 4.78 is 4.93. The fraction of sp³-hybridized carbons (Fsp3) is 0.615. The summed E-state index contributed by atoms with van der Waals surface area (Å²) in [6.45, 7) is -0.421. The second-order valence-electron chi connectivity index (χ2n) is 4.65. The maximum absolute atomic E-state index is 11.6. The Bertz CT molecular complexity index is 377. The van der Waals surface area contributed by atoms with Gasteiger partial charge in [0.25, 0.3) is 5.91 Å². The molecular weight excluding hydrogens is 248 g/mol. The molecule has 0 unspecified atom stereocenters. The maximum atomic E-state index is 11.6. The minimum atomic E-state index is -0.463. The van der Waals surface area contributed by atoms with Gasteiger partial charge < -0.3 is 15.0 Å². The summed E-state index contributed by atoms with van der Waals surface area (Å²) in [5, 5.41) is 2.40. The molecule has 0 saturated heterocycles. The van der Waals surface area contributed by atoms with Gasteiger partial charge in [0.1, 0.15) is 0 Å². The molecule has 1 N–H and O–H groups in total. The van der Waals surface area contributed by atoms with E-state index >= 15 is 0 Å². The molecule has 6 nitrogen and oxygen atoms in total. The van der Waals surface area contributed by atoms with E-state index in [2.05, 4.69) is 5.32 Å². The zero-order valence-corrected chi connectivity index (χ0v) is 11.3. The largest absolute Gasteiger partial charge is 0.455 e. The lowest BCUT2D eigenvalue weighted by molar-refractivity contribution is -0.152. The molecule has 0 heterocycles. The van der Waals surface area contributed by atoms with Gasteiger partial charge in [-0.15, -0.1) is 0 Å². The number of carbonyl (C=O) groups is 3. The van der Waals surface area contributed by atoms with Crippen LogP contribution in [0.25, 0.3) is 0 Å². The molecule has 0 saturated carbocycles. The Morgan fingerprint density at radius 3 is 2.63 bits per heavy atom. The predicted octanol–water partition coefficient (Wildman–Crippen LogP) is 0.0903. The van der Waals surface area contributed by atoms with Gasteiger partial charge in [-0.25, -0.2) is 0 Å². The number of hydrogen-bond donors (Lipinski definition) is 1. The summed E-state index contributed by atoms with van der Waals surface area (Å²) in [6.07, 6.45) is 6.27. The molecule has 0 aromatic heterocycles. The second kappa shape index (κ2) is 7.56. The monoisotopic (exact) mass is 268 g/mol. The average molecular weight is 268 g/mol. The first kappa shape index (κ1) is 15.2. The number of likely N-dealkylation sites (N-methyl/N-ethyl adjacent to an activating group) is 1. The number of amides is 2. The first-order valence-corrected chi connectivity index (χ1v) is 6.29. The lowest BCUT2D eigenvalue weighted by Crippen LogP contribution is -2.38. The summed E-state index contributed by atoms with van der Waals surface area (Å²) in [4.78, 5) is 35.6. The molecule has 0 aliphatic heterocycles. The molecule has 0 spiro atoms. The Labute approximate surface area is 112 Å². The summed E-state index contributed by atoms with van der Waals surface area (Å²) in [5.41, 5.74) is 0. The summed E-state index contributed by atoms with van der Waals surface area (Å²) in [6, 6.07) is 0. The van der Waals surface area contributed by atoms with E-state index in [-0.39, 0.29) is 30.9 Å². The Kier molecular flexibility index (Phi) is 6.05. The van der Waals surface area contributed by atoms with Crippen LogP contribution in [0.5, 0.6) is 0 Å². The molecule has 0 aromatic rings. The van der Waals surface area contributed by atoms with Gasteiger partial charge in [0.2, 0.25) is 5.91 Å². The SMILES string of the molecule is CN(C)C(=O)CNC(=O)COC(=O)[C@H]1CC=CCC1. The second-order valence-corrected chi connectivity index (χ2v) is 4.65. The van der Waals surface area contributed by atoms with E-state index in [0.717, 1.165) is 12.8 Å². The molecule has 106 valence electrons. The van der Waals surface area contributed by atoms with Crippen molar-refractivity contribution in [2.24, 2.45) is 5.92 Å². The lowest BCUT2D eigenvalue weighted by atomic mass is 9.95. The predicted molar refractivity (Wildman–Crippen MR) is 69.1 cm³/mol. The average Bonchev–Trinajstić information content (AvgIpc) is 2.42. The number of allylic oxidation sites excluding steroid dienone is 2. The Balaban J connectivity index is 2.20. The van der Waals surface area contributed by atoms with Crippen molar-refractivity contribution in [1.82, 2.24) is 10.2 Å². The molecule has 1 aliphatic rings. The summed E-state index contributed by atoms with van der Waals surface area (Å²) >= 11 is 0. The van der Waals surface area contributed by atoms with E-state index in [1.54, 1.807) is 14.1 Å². The van der Waals surface area contributed by atoms with Crippen molar-refractivity contribution in [3.05, 3.63) is 12.2 Å². The van der Waals surface area contributed by atoms with Crippen LogP contribution < -0.4 is 5.32 Å². The van der Waals surface area contributed by atoms with Crippen LogP contribution in [0.3, 0.4) is 0 Å². The first-order valence-electron chi connectivity index (χ1n) is 6.29. The van der Waals surface area contributed by atoms with Crippen LogP contribution in [0.2, 0.25) is 0 Å². The van der Waals surface area contributed by atoms with Crippen molar-refractivity contribution in [2.45, 2.75) is 19.3 Å². The summed E-state index contributed by atoms with van der Waals surface area (Å²) in [7, 11) is 3.20. The number of ether oxygens (including phenoxy) is 1. The number of hydrogen-bond acceptors (Lipinski definition) is 4. The number of esters is 1. The van der Waals surface area contributed by atoms with Gasteiger partial charge in [0.05, 0.1) is 12.5 Å². The fourth-order valence-corrected chi connectivity index (χ4v) is 1.65. The zero-order chi connectivity index (χ0) is 14.3. The molecule has 0 bridgehead atoms. The summed E-state index contributed by atoms with van der Waals surface area (Å²) in [5.74, 6) is -1.17. The van der Waals surface area contributed by atoms with Crippen molar-refractivity contribution >= 4 is 17.8 Å². The fourth-order valence-electron chi connectivity index (χ4n) is 1.65. The zero-order valence-electron chi connectivity index (χ0n) is 11.3. The highest BCUT2D eigenvalue weighted by atomic mass is 16.5. The van der Waals surface area contributed by atoms with E-state index in [4.69, 9.17) is 4.74 Å². The molecule has 0 radical (unpaired) electrons. The topological polar surface area (TPSA) is 75.7 Å². The quantitative estimate of drug-likeness (QED) is 0.566. The molecular formula is C13H20N2O4. The highest BCUT2D eigenvalue weighted by molar-refractivity contribution is 5.86. The van der Waals surface area contributed by atoms with Crippen LogP contribution in [0.1, 0.15) is 19.3 Å². The van der Waals surface area contributed by atoms with Crippen LogP contribution in [0.15, 0.2) is 12.2 Å². The first-order chi connectivity index (χ1) is 9.00. The van der Waals surface area contributed by atoms with E-state index < -0.39 is 5.91 Å². The lowest BCUT2D eigenvalue weighted by Gasteiger charge is -2.16. The van der Waals surface area contributed by atoms with Crippen LogP contribution in [-0.4, -0.2) is 49.9 Å². The van der Waals surface area contributed by atoms with Crippen LogP contribution in [0, 0.1) is 5.92 Å². The van der Waals surface area contributed by atoms with E-state index in [0.29, 0.717) is 6.42 Å².